The van der Waals surface area contributed by atoms with E-state index in [9.17, 15) is 24.5 Å². The smallest absolute Gasteiger partial charge is 0.350 e. The molecule has 3 rings (SSSR count). The number of halogens is 1. The maximum absolute atomic E-state index is 12.3. The number of carbonyl (C=O) groups is 3. The Morgan fingerprint density at radius 1 is 1.03 bits per heavy atom. The summed E-state index contributed by atoms with van der Waals surface area (Å²) in [7, 11) is 0. The average Bonchev–Trinajstić information content (AvgIpc) is 2.81. The van der Waals surface area contributed by atoms with Gasteiger partial charge in [0.2, 0.25) is 0 Å². The van der Waals surface area contributed by atoms with Crippen molar-refractivity contribution in [3.05, 3.63) is 98.6 Å². The molecule has 2 amide bonds. The van der Waals surface area contributed by atoms with E-state index in [0.717, 1.165) is 5.56 Å². The van der Waals surface area contributed by atoms with Gasteiger partial charge >= 0.3 is 17.8 Å². The Balaban J connectivity index is 1.60. The normalized spacial score (nSPS) is 10.5. The van der Waals surface area contributed by atoms with Crippen LogP contribution in [0, 0.1) is 17.0 Å². The van der Waals surface area contributed by atoms with Crippen molar-refractivity contribution >= 4 is 47.0 Å². The summed E-state index contributed by atoms with van der Waals surface area (Å²) in [6, 6.07) is 16.3. The summed E-state index contributed by atoms with van der Waals surface area (Å²) < 4.78 is 5.21. The summed E-state index contributed by atoms with van der Waals surface area (Å²) >= 11 is 5.99. The van der Waals surface area contributed by atoms with Crippen LogP contribution in [0.1, 0.15) is 21.5 Å². The molecule has 3 aromatic carbocycles. The van der Waals surface area contributed by atoms with Gasteiger partial charge in [-0.3, -0.25) is 19.7 Å². The van der Waals surface area contributed by atoms with Gasteiger partial charge in [-0.05, 0) is 48.4 Å². The van der Waals surface area contributed by atoms with Crippen molar-refractivity contribution in [2.75, 3.05) is 5.32 Å². The maximum Gasteiger partial charge on any atom is 0.350 e. The van der Waals surface area contributed by atoms with Gasteiger partial charge in [-0.25, -0.2) is 10.2 Å². The standard InChI is InChI=1S/C23H17ClN4O6/c1-14-9-10-16(12-19(14)24)26-21(29)22(30)27-25-13-15-5-4-6-17(11-15)34-23(31)18-7-2-3-8-20(18)28(32)33/h2-13H,1H3,(H,26,29)(H,27,30). The second-order valence-electron chi connectivity index (χ2n) is 6.85. The number of rotatable bonds is 6. The number of nitro benzene ring substituents is 1. The molecule has 0 aliphatic rings. The van der Waals surface area contributed by atoms with Crippen LogP contribution in [0.25, 0.3) is 0 Å². The first-order chi connectivity index (χ1) is 16.2. The number of esters is 1. The number of benzene rings is 3. The van der Waals surface area contributed by atoms with Gasteiger partial charge in [-0.2, -0.15) is 5.10 Å². The van der Waals surface area contributed by atoms with Crippen LogP contribution in [0.15, 0.2) is 71.8 Å². The molecule has 0 bridgehead atoms. The zero-order valence-corrected chi connectivity index (χ0v) is 18.4. The molecule has 10 nitrogen and oxygen atoms in total. The van der Waals surface area contributed by atoms with E-state index in [2.05, 4.69) is 15.8 Å². The first-order valence-corrected chi connectivity index (χ1v) is 10.1. The highest BCUT2D eigenvalue weighted by Crippen LogP contribution is 2.21. The van der Waals surface area contributed by atoms with Crippen molar-refractivity contribution in [3.8, 4) is 5.75 Å². The molecule has 0 aliphatic carbocycles. The monoisotopic (exact) mass is 480 g/mol. The average molecular weight is 481 g/mol. The minimum Gasteiger partial charge on any atom is -0.423 e. The van der Waals surface area contributed by atoms with Gasteiger partial charge in [-0.15, -0.1) is 0 Å². The first kappa shape index (κ1) is 24.1. The van der Waals surface area contributed by atoms with Crippen molar-refractivity contribution in [3.63, 3.8) is 0 Å². The molecule has 0 atom stereocenters. The van der Waals surface area contributed by atoms with E-state index in [4.69, 9.17) is 16.3 Å². The zero-order chi connectivity index (χ0) is 24.7. The number of ether oxygens (including phenoxy) is 1. The second-order valence-corrected chi connectivity index (χ2v) is 7.26. The number of para-hydroxylation sites is 1. The summed E-state index contributed by atoms with van der Waals surface area (Å²) in [4.78, 5) is 46.7. The number of carbonyl (C=O) groups excluding carboxylic acids is 3. The van der Waals surface area contributed by atoms with Gasteiger partial charge in [0.25, 0.3) is 5.69 Å². The van der Waals surface area contributed by atoms with Crippen LogP contribution in [-0.2, 0) is 9.59 Å². The van der Waals surface area contributed by atoms with Crippen molar-refractivity contribution in [2.45, 2.75) is 6.92 Å². The number of hydrazone groups is 1. The topological polar surface area (TPSA) is 140 Å². The number of anilines is 1. The first-order valence-electron chi connectivity index (χ1n) is 9.71. The van der Waals surface area contributed by atoms with Gasteiger partial charge in [0.1, 0.15) is 11.3 Å². The third-order valence-corrected chi connectivity index (χ3v) is 4.81. The highest BCUT2D eigenvalue weighted by Gasteiger charge is 2.21. The molecular formula is C23H17ClN4O6. The molecule has 2 N–H and O–H groups in total. The molecule has 0 heterocycles. The summed E-state index contributed by atoms with van der Waals surface area (Å²) in [5.74, 6) is -2.74. The molecule has 3 aromatic rings. The van der Waals surface area contributed by atoms with E-state index in [1.807, 2.05) is 0 Å². The highest BCUT2D eigenvalue weighted by atomic mass is 35.5. The maximum atomic E-state index is 12.3. The Morgan fingerprint density at radius 2 is 1.79 bits per heavy atom. The van der Waals surface area contributed by atoms with Crippen LogP contribution in [0.4, 0.5) is 11.4 Å². The number of nitro groups is 1. The van der Waals surface area contributed by atoms with Gasteiger partial charge in [0.05, 0.1) is 11.1 Å². The SMILES string of the molecule is Cc1ccc(NC(=O)C(=O)NN=Cc2cccc(OC(=O)c3ccccc3[N+](=O)[O-])c2)cc1Cl. The predicted molar refractivity (Wildman–Crippen MR) is 125 cm³/mol. The van der Waals surface area contributed by atoms with E-state index in [1.165, 1.54) is 48.7 Å². The summed E-state index contributed by atoms with van der Waals surface area (Å²) in [6.45, 7) is 1.80. The fourth-order valence-electron chi connectivity index (χ4n) is 2.70. The largest absolute Gasteiger partial charge is 0.423 e. The molecule has 11 heteroatoms. The number of nitrogens with zero attached hydrogens (tertiary/aromatic N) is 2. The molecule has 0 radical (unpaired) electrons. The molecule has 34 heavy (non-hydrogen) atoms. The number of aryl methyl sites for hydroxylation is 1. The lowest BCUT2D eigenvalue weighted by molar-refractivity contribution is -0.385. The fourth-order valence-corrected chi connectivity index (χ4v) is 2.88. The minimum atomic E-state index is -1.01. The van der Waals surface area contributed by atoms with Crippen LogP contribution in [0.3, 0.4) is 0 Å². The highest BCUT2D eigenvalue weighted by molar-refractivity contribution is 6.39. The van der Waals surface area contributed by atoms with Crippen molar-refractivity contribution in [1.29, 1.82) is 0 Å². The molecule has 0 fully saturated rings. The number of hydrogen-bond donors (Lipinski definition) is 2. The molecule has 0 spiro atoms. The predicted octanol–water partition coefficient (Wildman–Crippen LogP) is 3.86. The van der Waals surface area contributed by atoms with E-state index >= 15 is 0 Å². The molecular weight excluding hydrogens is 464 g/mol. The van der Waals surface area contributed by atoms with Gasteiger partial charge in [-0.1, -0.05) is 41.9 Å². The Hall–Kier alpha value is -4.57. The van der Waals surface area contributed by atoms with Crippen LogP contribution >= 0.6 is 11.6 Å². The van der Waals surface area contributed by atoms with E-state index in [1.54, 1.807) is 31.2 Å². The molecule has 0 aliphatic heterocycles. The fraction of sp³-hybridized carbons (Fsp3) is 0.0435. The molecule has 0 saturated heterocycles. The molecule has 172 valence electrons. The summed E-state index contributed by atoms with van der Waals surface area (Å²) in [5.41, 5.74) is 3.12. The summed E-state index contributed by atoms with van der Waals surface area (Å²) in [5, 5.41) is 17.7. The molecule has 0 saturated carbocycles. The lowest BCUT2D eigenvalue weighted by Crippen LogP contribution is -2.32. The van der Waals surface area contributed by atoms with E-state index in [0.29, 0.717) is 16.3 Å². The third-order valence-electron chi connectivity index (χ3n) is 4.40. The summed E-state index contributed by atoms with van der Waals surface area (Å²) in [6.07, 6.45) is 1.23. The number of amides is 2. The van der Waals surface area contributed by atoms with E-state index < -0.39 is 22.7 Å². The number of hydrogen-bond acceptors (Lipinski definition) is 7. The van der Waals surface area contributed by atoms with Crippen LogP contribution < -0.4 is 15.5 Å². The zero-order valence-electron chi connectivity index (χ0n) is 17.7. The Morgan fingerprint density at radius 3 is 2.53 bits per heavy atom. The number of nitrogens with one attached hydrogen (secondary N) is 2. The van der Waals surface area contributed by atoms with Gasteiger partial charge in [0.15, 0.2) is 0 Å². The van der Waals surface area contributed by atoms with Gasteiger partial charge < -0.3 is 10.1 Å². The van der Waals surface area contributed by atoms with Crippen LogP contribution in [-0.4, -0.2) is 28.9 Å². The van der Waals surface area contributed by atoms with Crippen molar-refractivity contribution in [2.24, 2.45) is 5.10 Å². The minimum absolute atomic E-state index is 0.104. The molecule has 0 unspecified atom stereocenters. The van der Waals surface area contributed by atoms with Crippen LogP contribution in [0.5, 0.6) is 5.75 Å². The van der Waals surface area contributed by atoms with Crippen LogP contribution in [0.2, 0.25) is 5.02 Å². The van der Waals surface area contributed by atoms with E-state index in [-0.39, 0.29) is 17.0 Å². The lowest BCUT2D eigenvalue weighted by Gasteiger charge is -2.06. The van der Waals surface area contributed by atoms with Crippen molar-refractivity contribution in [1.82, 2.24) is 5.43 Å². The third kappa shape index (κ3) is 6.24. The quantitative estimate of drug-likeness (QED) is 0.137. The Labute approximate surface area is 198 Å². The molecule has 0 aromatic heterocycles. The second kappa shape index (κ2) is 10.8. The Bertz CT molecular complexity index is 1310. The Kier molecular flexibility index (Phi) is 7.67. The van der Waals surface area contributed by atoms with Crippen molar-refractivity contribution < 1.29 is 24.0 Å². The van der Waals surface area contributed by atoms with Gasteiger partial charge in [0, 0.05) is 16.8 Å². The lowest BCUT2D eigenvalue weighted by atomic mass is 10.2.